The van der Waals surface area contributed by atoms with Crippen molar-refractivity contribution in [3.8, 4) is 0 Å². The molecule has 0 bridgehead atoms. The number of unbranched alkanes of at least 4 members (excludes halogenated alkanes) is 1. The molecule has 7 nitrogen and oxygen atoms in total. The quantitative estimate of drug-likeness (QED) is 0.403. The molecular formula is C26H41N3O4. The lowest BCUT2D eigenvalue weighted by molar-refractivity contribution is 0.0246. The largest absolute Gasteiger partial charge is 0.444 e. The fraction of sp³-hybridized carbons (Fsp3) is 0.654. The molecule has 0 saturated carbocycles. The summed E-state index contributed by atoms with van der Waals surface area (Å²) in [4.78, 5) is 31.2. The molecule has 1 saturated heterocycles. The van der Waals surface area contributed by atoms with Crippen molar-refractivity contribution in [1.29, 1.82) is 0 Å². The van der Waals surface area contributed by atoms with Crippen molar-refractivity contribution in [3.63, 3.8) is 0 Å². The molecule has 2 rings (SSSR count). The van der Waals surface area contributed by atoms with Gasteiger partial charge in [-0.05, 0) is 85.3 Å². The molecule has 7 heteroatoms. The second-order valence-corrected chi connectivity index (χ2v) is 10.2. The Kier molecular flexibility index (Phi) is 9.46. The zero-order chi connectivity index (χ0) is 24.6. The number of allylic oxidation sites excluding steroid dienone is 1. The summed E-state index contributed by atoms with van der Waals surface area (Å²) in [6.07, 6.45) is 9.09. The highest BCUT2D eigenvalue weighted by atomic mass is 16.6. The molecule has 1 aliphatic rings. The van der Waals surface area contributed by atoms with Gasteiger partial charge in [-0.15, -0.1) is 0 Å². The van der Waals surface area contributed by atoms with E-state index in [1.807, 2.05) is 25.7 Å². The van der Waals surface area contributed by atoms with Gasteiger partial charge in [0, 0.05) is 24.8 Å². The maximum atomic E-state index is 12.7. The number of carbonyl (C=O) groups excluding carboxylic acids is 2. The van der Waals surface area contributed by atoms with Gasteiger partial charge >= 0.3 is 6.09 Å². The minimum Gasteiger partial charge on any atom is -0.444 e. The third-order valence-corrected chi connectivity index (χ3v) is 5.60. The molecule has 0 aromatic carbocycles. The highest BCUT2D eigenvalue weighted by Gasteiger charge is 2.33. The maximum absolute atomic E-state index is 12.7. The van der Waals surface area contributed by atoms with E-state index in [1.165, 1.54) is 5.57 Å². The summed E-state index contributed by atoms with van der Waals surface area (Å²) < 4.78 is 5.61. The fourth-order valence-corrected chi connectivity index (χ4v) is 4.02. The Balaban J connectivity index is 1.86. The number of aromatic nitrogens is 1. The van der Waals surface area contributed by atoms with Crippen LogP contribution in [0.3, 0.4) is 0 Å². The number of pyridine rings is 1. The van der Waals surface area contributed by atoms with E-state index in [-0.39, 0.29) is 18.0 Å². The van der Waals surface area contributed by atoms with Gasteiger partial charge in [0.25, 0.3) is 5.91 Å². The summed E-state index contributed by atoms with van der Waals surface area (Å²) in [5.74, 6) is -0.167. The second kappa shape index (κ2) is 11.6. The third kappa shape index (κ3) is 8.46. The van der Waals surface area contributed by atoms with E-state index in [0.29, 0.717) is 17.8 Å². The molecule has 0 unspecified atom stereocenters. The van der Waals surface area contributed by atoms with E-state index in [4.69, 9.17) is 4.74 Å². The van der Waals surface area contributed by atoms with Gasteiger partial charge in [0.1, 0.15) is 11.2 Å². The van der Waals surface area contributed by atoms with Crippen LogP contribution in [0.5, 0.6) is 0 Å². The van der Waals surface area contributed by atoms with Crippen molar-refractivity contribution in [3.05, 3.63) is 41.2 Å². The van der Waals surface area contributed by atoms with E-state index in [2.05, 4.69) is 23.3 Å². The summed E-state index contributed by atoms with van der Waals surface area (Å²) in [5, 5.41) is 13.1. The highest BCUT2D eigenvalue weighted by Crippen LogP contribution is 2.29. The van der Waals surface area contributed by atoms with Crippen molar-refractivity contribution < 1.29 is 19.4 Å². The Bertz CT molecular complexity index is 837. The molecule has 2 heterocycles. The summed E-state index contributed by atoms with van der Waals surface area (Å²) in [5.41, 5.74) is 0.657. The zero-order valence-electron chi connectivity index (χ0n) is 21.1. The maximum Gasteiger partial charge on any atom is 0.410 e. The van der Waals surface area contributed by atoms with Crippen LogP contribution in [0.15, 0.2) is 30.0 Å². The molecular weight excluding hydrogens is 418 g/mol. The fourth-order valence-electron chi connectivity index (χ4n) is 4.02. The number of carbonyl (C=O) groups is 2. The van der Waals surface area contributed by atoms with Crippen molar-refractivity contribution in [2.45, 2.75) is 97.3 Å². The molecule has 1 atom stereocenters. The molecule has 0 radical (unpaired) electrons. The molecule has 2 N–H and O–H groups in total. The molecule has 0 aliphatic carbocycles. The molecule has 1 aromatic heterocycles. The first-order chi connectivity index (χ1) is 15.4. The normalized spacial score (nSPS) is 17.2. The van der Waals surface area contributed by atoms with E-state index >= 15 is 0 Å². The van der Waals surface area contributed by atoms with Crippen molar-refractivity contribution >= 4 is 12.0 Å². The van der Waals surface area contributed by atoms with Crippen LogP contribution in [0.25, 0.3) is 0 Å². The predicted molar refractivity (Wildman–Crippen MR) is 130 cm³/mol. The van der Waals surface area contributed by atoms with Gasteiger partial charge in [-0.2, -0.15) is 0 Å². The van der Waals surface area contributed by atoms with Crippen molar-refractivity contribution in [2.75, 3.05) is 13.1 Å². The van der Waals surface area contributed by atoms with E-state index in [0.717, 1.165) is 45.1 Å². The van der Waals surface area contributed by atoms with E-state index < -0.39 is 11.2 Å². The highest BCUT2D eigenvalue weighted by molar-refractivity contribution is 5.94. The Hall–Kier alpha value is -2.41. The van der Waals surface area contributed by atoms with Gasteiger partial charge < -0.3 is 20.1 Å². The summed E-state index contributed by atoms with van der Waals surface area (Å²) in [6.45, 7) is 12.4. The van der Waals surface area contributed by atoms with Crippen LogP contribution in [0.2, 0.25) is 0 Å². The number of likely N-dealkylation sites (tertiary alicyclic amines) is 1. The van der Waals surface area contributed by atoms with Gasteiger partial charge in [0.05, 0.1) is 11.7 Å². The summed E-state index contributed by atoms with van der Waals surface area (Å²) in [7, 11) is 0. The van der Waals surface area contributed by atoms with Gasteiger partial charge in [-0.1, -0.05) is 18.6 Å². The van der Waals surface area contributed by atoms with Crippen LogP contribution in [-0.2, 0) is 10.3 Å². The number of nitrogens with one attached hydrogen (secondary N) is 1. The topological polar surface area (TPSA) is 91.8 Å². The lowest BCUT2D eigenvalue weighted by Gasteiger charge is -2.30. The summed E-state index contributed by atoms with van der Waals surface area (Å²) >= 11 is 0. The van der Waals surface area contributed by atoms with Crippen molar-refractivity contribution in [2.24, 2.45) is 0 Å². The number of hydrogen-bond acceptors (Lipinski definition) is 5. The zero-order valence-corrected chi connectivity index (χ0v) is 21.1. The smallest absolute Gasteiger partial charge is 0.410 e. The Morgan fingerprint density at radius 1 is 1.27 bits per heavy atom. The van der Waals surface area contributed by atoms with Crippen LogP contribution < -0.4 is 5.32 Å². The molecule has 1 fully saturated rings. The lowest BCUT2D eigenvalue weighted by atomic mass is 9.97. The lowest BCUT2D eigenvalue weighted by Crippen LogP contribution is -2.40. The molecule has 184 valence electrons. The van der Waals surface area contributed by atoms with Gasteiger partial charge in [0.2, 0.25) is 0 Å². The average Bonchev–Trinajstić information content (AvgIpc) is 3.21. The molecule has 1 aliphatic heterocycles. The molecule has 1 aromatic rings. The Labute approximate surface area is 198 Å². The molecule has 0 spiro atoms. The first kappa shape index (κ1) is 26.8. The standard InChI is InChI=1S/C26H41N3O4/c1-7-11-19(21-13-10-17-29(21)24(31)33-25(2,3)4)12-8-9-15-28-23(30)20-14-16-27-22(18-20)26(5,6)32/h11,14,16,18,21,32H,7-10,12-13,15,17H2,1-6H3,(H,28,30)/b19-11+/t21-/m0/s1. The monoisotopic (exact) mass is 459 g/mol. The van der Waals surface area contributed by atoms with Crippen LogP contribution >= 0.6 is 0 Å². The third-order valence-electron chi connectivity index (χ3n) is 5.60. The van der Waals surface area contributed by atoms with Gasteiger partial charge in [-0.25, -0.2) is 4.79 Å². The molecule has 2 amide bonds. The minimum atomic E-state index is -1.09. The van der Waals surface area contributed by atoms with E-state index in [9.17, 15) is 14.7 Å². The number of rotatable bonds is 9. The van der Waals surface area contributed by atoms with Crippen LogP contribution in [-0.4, -0.2) is 51.7 Å². The number of aliphatic hydroxyl groups is 1. The van der Waals surface area contributed by atoms with Crippen LogP contribution in [0, 0.1) is 0 Å². The predicted octanol–water partition coefficient (Wildman–Crippen LogP) is 4.95. The SMILES string of the molecule is CC/C=C(\CCCCNC(=O)c1ccnc(C(C)(C)O)c1)[C@@H]1CCCN1C(=O)OC(C)(C)C. The number of nitrogens with zero attached hydrogens (tertiary/aromatic N) is 2. The Morgan fingerprint density at radius 3 is 2.64 bits per heavy atom. The number of ether oxygens (including phenoxy) is 1. The van der Waals surface area contributed by atoms with Gasteiger partial charge in [0.15, 0.2) is 0 Å². The molecule has 33 heavy (non-hydrogen) atoms. The summed E-state index contributed by atoms with van der Waals surface area (Å²) in [6, 6.07) is 3.38. The average molecular weight is 460 g/mol. The number of hydrogen-bond donors (Lipinski definition) is 2. The second-order valence-electron chi connectivity index (χ2n) is 10.2. The first-order valence-electron chi connectivity index (χ1n) is 12.1. The van der Waals surface area contributed by atoms with Crippen LogP contribution in [0.1, 0.15) is 96.1 Å². The minimum absolute atomic E-state index is 0.103. The van der Waals surface area contributed by atoms with Gasteiger partial charge in [-0.3, -0.25) is 9.78 Å². The van der Waals surface area contributed by atoms with E-state index in [1.54, 1.807) is 32.2 Å². The Morgan fingerprint density at radius 2 is 2.00 bits per heavy atom. The first-order valence-corrected chi connectivity index (χ1v) is 12.1. The van der Waals surface area contributed by atoms with Crippen molar-refractivity contribution in [1.82, 2.24) is 15.2 Å². The number of amides is 2. The van der Waals surface area contributed by atoms with Crippen LogP contribution in [0.4, 0.5) is 4.79 Å².